The van der Waals surface area contributed by atoms with E-state index in [1.165, 1.54) is 0 Å². The Bertz CT molecular complexity index is 487. The SMILES string of the molecule is COc1cccc(OCCCNC(=O)[C@@H]2CC[C@H](CN)O2)c1.Cl. The van der Waals surface area contributed by atoms with Crippen LogP contribution in [-0.4, -0.2) is 44.9 Å². The zero-order valence-electron chi connectivity index (χ0n) is 13.3. The van der Waals surface area contributed by atoms with E-state index in [2.05, 4.69) is 5.32 Å². The van der Waals surface area contributed by atoms with Crippen molar-refractivity contribution >= 4 is 18.3 Å². The van der Waals surface area contributed by atoms with Crippen molar-refractivity contribution in [3.05, 3.63) is 24.3 Å². The van der Waals surface area contributed by atoms with Crippen LogP contribution in [0.5, 0.6) is 11.5 Å². The zero-order valence-corrected chi connectivity index (χ0v) is 14.1. The number of hydrogen-bond acceptors (Lipinski definition) is 5. The number of nitrogens with two attached hydrogens (primary N) is 1. The van der Waals surface area contributed by atoms with Crippen molar-refractivity contribution < 1.29 is 19.0 Å². The van der Waals surface area contributed by atoms with Crippen molar-refractivity contribution in [2.24, 2.45) is 5.73 Å². The molecule has 130 valence electrons. The van der Waals surface area contributed by atoms with Crippen LogP contribution in [0.3, 0.4) is 0 Å². The third kappa shape index (κ3) is 6.25. The highest BCUT2D eigenvalue weighted by Crippen LogP contribution is 2.19. The third-order valence-electron chi connectivity index (χ3n) is 3.59. The summed E-state index contributed by atoms with van der Waals surface area (Å²) in [6, 6.07) is 7.45. The molecule has 0 radical (unpaired) electrons. The Balaban J connectivity index is 0.00000264. The Morgan fingerprint density at radius 2 is 2.17 bits per heavy atom. The number of rotatable bonds is 8. The molecule has 0 aromatic heterocycles. The summed E-state index contributed by atoms with van der Waals surface area (Å²) in [6.45, 7) is 1.57. The van der Waals surface area contributed by atoms with Crippen LogP contribution in [0.4, 0.5) is 0 Å². The van der Waals surface area contributed by atoms with Gasteiger partial charge >= 0.3 is 0 Å². The molecular weight excluding hydrogens is 320 g/mol. The van der Waals surface area contributed by atoms with E-state index in [4.69, 9.17) is 19.9 Å². The fraction of sp³-hybridized carbons (Fsp3) is 0.562. The average Bonchev–Trinajstić information content (AvgIpc) is 3.04. The first-order valence-electron chi connectivity index (χ1n) is 7.63. The smallest absolute Gasteiger partial charge is 0.249 e. The van der Waals surface area contributed by atoms with Crippen LogP contribution in [0.15, 0.2) is 24.3 Å². The molecule has 23 heavy (non-hydrogen) atoms. The fourth-order valence-electron chi connectivity index (χ4n) is 2.35. The van der Waals surface area contributed by atoms with Gasteiger partial charge in [-0.05, 0) is 31.4 Å². The van der Waals surface area contributed by atoms with Gasteiger partial charge in [0.25, 0.3) is 0 Å². The number of methoxy groups -OCH3 is 1. The molecule has 6 nitrogen and oxygen atoms in total. The monoisotopic (exact) mass is 344 g/mol. The maximum Gasteiger partial charge on any atom is 0.249 e. The van der Waals surface area contributed by atoms with Crippen molar-refractivity contribution in [1.82, 2.24) is 5.32 Å². The molecule has 0 unspecified atom stereocenters. The molecule has 0 aliphatic carbocycles. The van der Waals surface area contributed by atoms with Crippen LogP contribution >= 0.6 is 12.4 Å². The molecular formula is C16H25ClN2O4. The summed E-state index contributed by atoms with van der Waals surface area (Å²) in [6.07, 6.45) is 2.00. The molecule has 1 amide bonds. The van der Waals surface area contributed by atoms with E-state index in [0.29, 0.717) is 19.7 Å². The van der Waals surface area contributed by atoms with Crippen molar-refractivity contribution in [3.63, 3.8) is 0 Å². The Hall–Kier alpha value is -1.50. The molecule has 1 aliphatic rings. The molecule has 1 aliphatic heterocycles. The molecule has 1 aromatic carbocycles. The Morgan fingerprint density at radius 1 is 1.39 bits per heavy atom. The lowest BCUT2D eigenvalue weighted by atomic mass is 10.2. The van der Waals surface area contributed by atoms with Crippen LogP contribution in [0, 0.1) is 0 Å². The van der Waals surface area contributed by atoms with E-state index in [9.17, 15) is 4.79 Å². The Morgan fingerprint density at radius 3 is 2.87 bits per heavy atom. The molecule has 1 saturated heterocycles. The molecule has 0 saturated carbocycles. The van der Waals surface area contributed by atoms with E-state index in [-0.39, 0.29) is 30.5 Å². The van der Waals surface area contributed by atoms with Crippen molar-refractivity contribution in [1.29, 1.82) is 0 Å². The van der Waals surface area contributed by atoms with E-state index < -0.39 is 0 Å². The van der Waals surface area contributed by atoms with Crippen LogP contribution in [0.1, 0.15) is 19.3 Å². The molecule has 0 spiro atoms. The minimum atomic E-state index is -0.354. The van der Waals surface area contributed by atoms with Gasteiger partial charge in [-0.15, -0.1) is 12.4 Å². The van der Waals surface area contributed by atoms with Crippen molar-refractivity contribution in [2.45, 2.75) is 31.5 Å². The lowest BCUT2D eigenvalue weighted by Gasteiger charge is -2.13. The van der Waals surface area contributed by atoms with Gasteiger partial charge in [-0.2, -0.15) is 0 Å². The first-order valence-corrected chi connectivity index (χ1v) is 7.63. The number of amides is 1. The molecule has 1 heterocycles. The first-order chi connectivity index (χ1) is 10.7. The van der Waals surface area contributed by atoms with Gasteiger partial charge in [0.1, 0.15) is 17.6 Å². The highest BCUT2D eigenvalue weighted by atomic mass is 35.5. The molecule has 7 heteroatoms. The van der Waals surface area contributed by atoms with Crippen LogP contribution in [0.2, 0.25) is 0 Å². The van der Waals surface area contributed by atoms with E-state index in [1.54, 1.807) is 7.11 Å². The quantitative estimate of drug-likeness (QED) is 0.698. The number of ether oxygens (including phenoxy) is 3. The number of hydrogen-bond donors (Lipinski definition) is 2. The van der Waals surface area contributed by atoms with E-state index in [0.717, 1.165) is 30.8 Å². The standard InChI is InChI=1S/C16H24N2O4.ClH/c1-20-12-4-2-5-13(10-12)21-9-3-8-18-16(19)15-7-6-14(11-17)22-15;/h2,4-5,10,14-15H,3,6-9,11,17H2,1H3,(H,18,19);1H/t14-,15+;/m1./s1. The van der Waals surface area contributed by atoms with Gasteiger partial charge in [0.15, 0.2) is 0 Å². The average molecular weight is 345 g/mol. The second-order valence-electron chi connectivity index (χ2n) is 5.23. The van der Waals surface area contributed by atoms with Crippen LogP contribution in [-0.2, 0) is 9.53 Å². The summed E-state index contributed by atoms with van der Waals surface area (Å²) in [7, 11) is 1.62. The third-order valence-corrected chi connectivity index (χ3v) is 3.59. The van der Waals surface area contributed by atoms with Gasteiger partial charge in [0.2, 0.25) is 5.91 Å². The second-order valence-corrected chi connectivity index (χ2v) is 5.23. The summed E-state index contributed by atoms with van der Waals surface area (Å²) >= 11 is 0. The zero-order chi connectivity index (χ0) is 15.8. The minimum absolute atomic E-state index is 0. The predicted octanol–water partition coefficient (Wildman–Crippen LogP) is 1.51. The number of nitrogens with one attached hydrogen (secondary N) is 1. The fourth-order valence-corrected chi connectivity index (χ4v) is 2.35. The number of benzene rings is 1. The van der Waals surface area contributed by atoms with Gasteiger partial charge in [-0.25, -0.2) is 0 Å². The van der Waals surface area contributed by atoms with Crippen LogP contribution in [0.25, 0.3) is 0 Å². The largest absolute Gasteiger partial charge is 0.497 e. The maximum absolute atomic E-state index is 11.9. The van der Waals surface area contributed by atoms with Crippen molar-refractivity contribution in [3.8, 4) is 11.5 Å². The second kappa shape index (κ2) is 10.3. The molecule has 1 fully saturated rings. The normalized spacial score (nSPS) is 19.7. The predicted molar refractivity (Wildman–Crippen MR) is 90.3 cm³/mol. The summed E-state index contributed by atoms with van der Waals surface area (Å²) in [5.41, 5.74) is 5.53. The number of carbonyl (C=O) groups excluding carboxylic acids is 1. The molecule has 0 bridgehead atoms. The van der Waals surface area contributed by atoms with Crippen molar-refractivity contribution in [2.75, 3.05) is 26.8 Å². The van der Waals surface area contributed by atoms with E-state index in [1.807, 2.05) is 24.3 Å². The maximum atomic E-state index is 11.9. The summed E-state index contributed by atoms with van der Waals surface area (Å²) in [4.78, 5) is 11.9. The molecule has 2 atom stereocenters. The van der Waals surface area contributed by atoms with E-state index >= 15 is 0 Å². The Kier molecular flexibility index (Phi) is 8.76. The van der Waals surface area contributed by atoms with Crippen LogP contribution < -0.4 is 20.5 Å². The highest BCUT2D eigenvalue weighted by Gasteiger charge is 2.29. The molecule has 1 aromatic rings. The minimum Gasteiger partial charge on any atom is -0.497 e. The number of halogens is 1. The summed E-state index contributed by atoms with van der Waals surface area (Å²) < 4.78 is 16.3. The van der Waals surface area contributed by atoms with Gasteiger partial charge in [-0.1, -0.05) is 6.07 Å². The lowest BCUT2D eigenvalue weighted by Crippen LogP contribution is -2.36. The molecule has 2 rings (SSSR count). The lowest BCUT2D eigenvalue weighted by molar-refractivity contribution is -0.131. The first kappa shape index (κ1) is 19.5. The van der Waals surface area contributed by atoms with Gasteiger partial charge in [0, 0.05) is 19.2 Å². The van der Waals surface area contributed by atoms with Gasteiger partial charge < -0.3 is 25.3 Å². The number of carbonyl (C=O) groups is 1. The summed E-state index contributed by atoms with van der Waals surface area (Å²) in [5, 5.41) is 2.87. The van der Waals surface area contributed by atoms with Gasteiger partial charge in [-0.3, -0.25) is 4.79 Å². The Labute approximate surface area is 143 Å². The van der Waals surface area contributed by atoms with Gasteiger partial charge in [0.05, 0.1) is 19.8 Å². The highest BCUT2D eigenvalue weighted by molar-refractivity contribution is 5.85. The molecule has 3 N–H and O–H groups in total. The topological polar surface area (TPSA) is 82.8 Å². The summed E-state index contributed by atoms with van der Waals surface area (Å²) in [5.74, 6) is 1.46.